The fourth-order valence-electron chi connectivity index (χ4n) is 2.96. The summed E-state index contributed by atoms with van der Waals surface area (Å²) in [7, 11) is 0. The van der Waals surface area contributed by atoms with Crippen molar-refractivity contribution in [3.05, 3.63) is 23.4 Å². The Morgan fingerprint density at radius 1 is 1.45 bits per heavy atom. The molecular weight excluding hydrogens is 274 g/mol. The maximum absolute atomic E-state index is 5.99. The van der Waals surface area contributed by atoms with E-state index in [1.54, 1.807) is 10.7 Å². The molecule has 0 aromatic carbocycles. The Labute approximate surface area is 123 Å². The molecule has 2 unspecified atom stereocenters. The van der Waals surface area contributed by atoms with E-state index < -0.39 is 0 Å². The van der Waals surface area contributed by atoms with Crippen molar-refractivity contribution in [1.82, 2.24) is 14.6 Å². The molecule has 2 aromatic heterocycles. The second kappa shape index (κ2) is 5.58. The summed E-state index contributed by atoms with van der Waals surface area (Å²) >= 11 is 5.99. The van der Waals surface area contributed by atoms with E-state index in [2.05, 4.69) is 21.9 Å². The molecule has 1 aliphatic rings. The zero-order valence-corrected chi connectivity index (χ0v) is 12.4. The molecule has 1 saturated heterocycles. The van der Waals surface area contributed by atoms with Crippen molar-refractivity contribution in [1.29, 1.82) is 0 Å². The van der Waals surface area contributed by atoms with Crippen molar-refractivity contribution < 1.29 is 0 Å². The van der Waals surface area contributed by atoms with Gasteiger partial charge >= 0.3 is 0 Å². The molecule has 0 aliphatic carbocycles. The van der Waals surface area contributed by atoms with Crippen LogP contribution >= 0.6 is 11.6 Å². The van der Waals surface area contributed by atoms with Crippen LogP contribution in [0, 0.1) is 5.92 Å². The first-order valence-corrected chi connectivity index (χ1v) is 7.57. The highest BCUT2D eigenvalue weighted by Crippen LogP contribution is 2.28. The molecule has 6 heteroatoms. The van der Waals surface area contributed by atoms with E-state index in [4.69, 9.17) is 17.3 Å². The van der Waals surface area contributed by atoms with E-state index >= 15 is 0 Å². The van der Waals surface area contributed by atoms with Gasteiger partial charge in [0.1, 0.15) is 0 Å². The van der Waals surface area contributed by atoms with E-state index in [1.807, 2.05) is 12.1 Å². The molecule has 3 rings (SSSR count). The van der Waals surface area contributed by atoms with Gasteiger partial charge in [0, 0.05) is 25.3 Å². The number of rotatable bonds is 3. The van der Waals surface area contributed by atoms with Crippen LogP contribution in [0.3, 0.4) is 0 Å². The van der Waals surface area contributed by atoms with Gasteiger partial charge in [0.15, 0.2) is 5.65 Å². The third-order valence-corrected chi connectivity index (χ3v) is 4.44. The second-order valence-corrected chi connectivity index (χ2v) is 5.88. The van der Waals surface area contributed by atoms with Gasteiger partial charge in [-0.3, -0.25) is 0 Å². The van der Waals surface area contributed by atoms with Gasteiger partial charge in [-0.05, 0) is 30.9 Å². The van der Waals surface area contributed by atoms with Gasteiger partial charge in [-0.2, -0.15) is 4.98 Å². The number of nitrogens with two attached hydrogens (primary N) is 1. The summed E-state index contributed by atoms with van der Waals surface area (Å²) in [6.45, 7) is 3.87. The molecule has 2 N–H and O–H groups in total. The Kier molecular flexibility index (Phi) is 3.81. The summed E-state index contributed by atoms with van der Waals surface area (Å²) < 4.78 is 1.73. The standard InChI is InChI=1S/C14H20ClN5/c1-2-10-5-6-19(12(7-10)8-16)14-17-13-4-3-11(15)9-20(13)18-14/h3-4,9-10,12H,2,5-8,16H2,1H3. The zero-order chi connectivity index (χ0) is 14.1. The van der Waals surface area contributed by atoms with Crippen molar-refractivity contribution in [2.75, 3.05) is 18.0 Å². The van der Waals surface area contributed by atoms with Crippen LogP contribution in [0.15, 0.2) is 18.3 Å². The topological polar surface area (TPSA) is 59.5 Å². The molecule has 2 atom stereocenters. The van der Waals surface area contributed by atoms with Crippen LogP contribution in [0.1, 0.15) is 26.2 Å². The highest BCUT2D eigenvalue weighted by Gasteiger charge is 2.29. The SMILES string of the molecule is CCC1CCN(c2nc3ccc(Cl)cn3n2)C(CN)C1. The van der Waals surface area contributed by atoms with E-state index in [0.717, 1.165) is 30.5 Å². The van der Waals surface area contributed by atoms with E-state index in [1.165, 1.54) is 12.8 Å². The number of hydrogen-bond donors (Lipinski definition) is 1. The van der Waals surface area contributed by atoms with Crippen LogP contribution in [-0.2, 0) is 0 Å². The first-order chi connectivity index (χ1) is 9.71. The van der Waals surface area contributed by atoms with Crippen LogP contribution in [-0.4, -0.2) is 33.7 Å². The molecule has 108 valence electrons. The largest absolute Gasteiger partial charge is 0.335 e. The Morgan fingerprint density at radius 2 is 2.30 bits per heavy atom. The number of piperidine rings is 1. The van der Waals surface area contributed by atoms with E-state index in [-0.39, 0.29) is 0 Å². The van der Waals surface area contributed by atoms with Gasteiger partial charge in [0.2, 0.25) is 5.95 Å². The number of hydrogen-bond acceptors (Lipinski definition) is 4. The van der Waals surface area contributed by atoms with Crippen molar-refractivity contribution in [3.8, 4) is 0 Å². The molecular formula is C14H20ClN5. The predicted molar refractivity (Wildman–Crippen MR) is 81.2 cm³/mol. The highest BCUT2D eigenvalue weighted by atomic mass is 35.5. The number of fused-ring (bicyclic) bond motifs is 1. The Balaban J connectivity index is 1.89. The van der Waals surface area contributed by atoms with Crippen molar-refractivity contribution >= 4 is 23.2 Å². The number of anilines is 1. The molecule has 0 bridgehead atoms. The summed E-state index contributed by atoms with van der Waals surface area (Å²) in [5, 5.41) is 5.20. The van der Waals surface area contributed by atoms with Gasteiger partial charge < -0.3 is 10.6 Å². The molecule has 0 spiro atoms. The summed E-state index contributed by atoms with van der Waals surface area (Å²) in [5.41, 5.74) is 6.76. The average molecular weight is 294 g/mol. The maximum Gasteiger partial charge on any atom is 0.245 e. The van der Waals surface area contributed by atoms with Gasteiger partial charge in [-0.25, -0.2) is 4.52 Å². The minimum Gasteiger partial charge on any atom is -0.335 e. The normalized spacial score (nSPS) is 23.4. The van der Waals surface area contributed by atoms with E-state index in [9.17, 15) is 0 Å². The van der Waals surface area contributed by atoms with Crippen molar-refractivity contribution in [2.45, 2.75) is 32.2 Å². The van der Waals surface area contributed by atoms with Gasteiger partial charge in [-0.1, -0.05) is 24.9 Å². The number of halogens is 1. The summed E-state index contributed by atoms with van der Waals surface area (Å²) in [5.74, 6) is 1.53. The third kappa shape index (κ3) is 2.47. The Bertz CT molecular complexity index is 596. The predicted octanol–water partition coefficient (Wildman–Crippen LogP) is 2.34. The number of nitrogens with zero attached hydrogens (tertiary/aromatic N) is 4. The molecule has 3 heterocycles. The molecule has 1 fully saturated rings. The molecule has 0 amide bonds. The number of pyridine rings is 1. The fraction of sp³-hybridized carbons (Fsp3) is 0.571. The Morgan fingerprint density at radius 3 is 3.05 bits per heavy atom. The lowest BCUT2D eigenvalue weighted by molar-refractivity contribution is 0.333. The molecule has 0 radical (unpaired) electrons. The lowest BCUT2D eigenvalue weighted by atomic mass is 9.89. The lowest BCUT2D eigenvalue weighted by Crippen LogP contribution is -2.47. The first kappa shape index (κ1) is 13.6. The van der Waals surface area contributed by atoms with Gasteiger partial charge in [0.25, 0.3) is 0 Å². The highest BCUT2D eigenvalue weighted by molar-refractivity contribution is 6.30. The van der Waals surface area contributed by atoms with Gasteiger partial charge in [-0.15, -0.1) is 5.10 Å². The van der Waals surface area contributed by atoms with Crippen LogP contribution in [0.5, 0.6) is 0 Å². The van der Waals surface area contributed by atoms with Crippen molar-refractivity contribution in [2.24, 2.45) is 11.7 Å². The van der Waals surface area contributed by atoms with Crippen LogP contribution in [0.25, 0.3) is 5.65 Å². The minimum absolute atomic E-state index is 0.335. The molecule has 2 aromatic rings. The molecule has 20 heavy (non-hydrogen) atoms. The van der Waals surface area contributed by atoms with E-state index in [0.29, 0.717) is 17.6 Å². The van der Waals surface area contributed by atoms with Crippen LogP contribution < -0.4 is 10.6 Å². The quantitative estimate of drug-likeness (QED) is 0.943. The lowest BCUT2D eigenvalue weighted by Gasteiger charge is -2.38. The molecule has 0 saturated carbocycles. The van der Waals surface area contributed by atoms with Crippen LogP contribution in [0.4, 0.5) is 5.95 Å². The molecule has 5 nitrogen and oxygen atoms in total. The monoisotopic (exact) mass is 293 g/mol. The number of aromatic nitrogens is 3. The van der Waals surface area contributed by atoms with Crippen LogP contribution in [0.2, 0.25) is 5.02 Å². The van der Waals surface area contributed by atoms with Crippen molar-refractivity contribution in [3.63, 3.8) is 0 Å². The summed E-state index contributed by atoms with van der Waals surface area (Å²) in [6, 6.07) is 4.05. The van der Waals surface area contributed by atoms with Gasteiger partial charge in [0.05, 0.1) is 5.02 Å². The third-order valence-electron chi connectivity index (χ3n) is 4.21. The zero-order valence-electron chi connectivity index (χ0n) is 11.7. The second-order valence-electron chi connectivity index (χ2n) is 5.44. The maximum atomic E-state index is 5.99. The first-order valence-electron chi connectivity index (χ1n) is 7.20. The summed E-state index contributed by atoms with van der Waals surface area (Å²) in [6.07, 6.45) is 5.31. The smallest absolute Gasteiger partial charge is 0.245 e. The fourth-order valence-corrected chi connectivity index (χ4v) is 3.12. The Hall–Kier alpha value is -1.33. The minimum atomic E-state index is 0.335. The average Bonchev–Trinajstić information content (AvgIpc) is 2.89. The summed E-state index contributed by atoms with van der Waals surface area (Å²) in [4.78, 5) is 6.83. The molecule has 1 aliphatic heterocycles.